The monoisotopic (exact) mass is 216 g/mol. The van der Waals surface area contributed by atoms with Crippen LogP contribution in [0.25, 0.3) is 10.9 Å². The predicted molar refractivity (Wildman–Crippen MR) is 62.2 cm³/mol. The van der Waals surface area contributed by atoms with E-state index in [0.29, 0.717) is 16.8 Å². The number of anilines is 1. The van der Waals surface area contributed by atoms with Crippen molar-refractivity contribution in [2.24, 2.45) is 0 Å². The molecule has 0 spiro atoms. The Morgan fingerprint density at radius 3 is 2.69 bits per heavy atom. The number of aromatic nitrogens is 1. The molecule has 0 atom stereocenters. The van der Waals surface area contributed by atoms with Crippen LogP contribution < -0.4 is 5.73 Å². The van der Waals surface area contributed by atoms with E-state index in [-0.39, 0.29) is 0 Å². The molecule has 0 aliphatic heterocycles. The van der Waals surface area contributed by atoms with E-state index in [2.05, 4.69) is 9.72 Å². The summed E-state index contributed by atoms with van der Waals surface area (Å²) in [5.41, 5.74) is 8.13. The number of carbonyl (C=O) groups excluding carboxylic acids is 1. The van der Waals surface area contributed by atoms with Crippen molar-refractivity contribution < 1.29 is 9.53 Å². The second kappa shape index (κ2) is 3.81. The fourth-order valence-corrected chi connectivity index (χ4v) is 1.60. The van der Waals surface area contributed by atoms with E-state index in [1.165, 1.54) is 7.11 Å². The maximum Gasteiger partial charge on any atom is 0.340 e. The molecule has 2 N–H and O–H groups in total. The van der Waals surface area contributed by atoms with Gasteiger partial charge < -0.3 is 10.5 Å². The molecule has 0 radical (unpaired) electrons. The summed E-state index contributed by atoms with van der Waals surface area (Å²) in [5, 5.41) is 0.913. The zero-order chi connectivity index (χ0) is 11.7. The minimum atomic E-state index is -0.442. The van der Waals surface area contributed by atoms with E-state index in [0.717, 1.165) is 11.1 Å². The first-order valence-corrected chi connectivity index (χ1v) is 4.87. The van der Waals surface area contributed by atoms with Crippen LogP contribution in [0.3, 0.4) is 0 Å². The molecule has 0 saturated heterocycles. The first-order valence-electron chi connectivity index (χ1n) is 4.87. The van der Waals surface area contributed by atoms with Crippen LogP contribution in [-0.2, 0) is 4.74 Å². The highest BCUT2D eigenvalue weighted by Crippen LogP contribution is 2.23. The zero-order valence-corrected chi connectivity index (χ0v) is 9.15. The highest BCUT2D eigenvalue weighted by Gasteiger charge is 2.12. The van der Waals surface area contributed by atoms with Gasteiger partial charge in [0.25, 0.3) is 0 Å². The van der Waals surface area contributed by atoms with Crippen LogP contribution in [0.4, 0.5) is 5.69 Å². The molecule has 0 saturated carbocycles. The van der Waals surface area contributed by atoms with E-state index >= 15 is 0 Å². The normalized spacial score (nSPS) is 10.4. The van der Waals surface area contributed by atoms with Gasteiger partial charge in [0, 0.05) is 11.1 Å². The molecule has 0 aliphatic rings. The summed E-state index contributed by atoms with van der Waals surface area (Å²) < 4.78 is 4.65. The van der Waals surface area contributed by atoms with Gasteiger partial charge in [0.15, 0.2) is 0 Å². The molecule has 0 bridgehead atoms. The lowest BCUT2D eigenvalue weighted by Crippen LogP contribution is -2.06. The third kappa shape index (κ3) is 1.58. The molecule has 0 unspecified atom stereocenters. The van der Waals surface area contributed by atoms with Crippen LogP contribution in [0.5, 0.6) is 0 Å². The SMILES string of the molecule is COC(=O)c1ccc2ccc(C)nc2c1N. The highest BCUT2D eigenvalue weighted by atomic mass is 16.5. The second-order valence-corrected chi connectivity index (χ2v) is 3.54. The standard InChI is InChI=1S/C12H12N2O2/c1-7-3-4-8-5-6-9(12(15)16-2)10(13)11(8)14-7/h3-6H,13H2,1-2H3. The number of hydrogen-bond donors (Lipinski definition) is 1. The summed E-state index contributed by atoms with van der Waals surface area (Å²) in [6.45, 7) is 1.88. The van der Waals surface area contributed by atoms with Gasteiger partial charge >= 0.3 is 5.97 Å². The first kappa shape index (κ1) is 10.4. The largest absolute Gasteiger partial charge is 0.465 e. The number of esters is 1. The first-order chi connectivity index (χ1) is 7.63. The smallest absolute Gasteiger partial charge is 0.340 e. The van der Waals surface area contributed by atoms with Crippen molar-refractivity contribution in [3.8, 4) is 0 Å². The summed E-state index contributed by atoms with van der Waals surface area (Å²) in [6, 6.07) is 7.29. The molecule has 1 heterocycles. The van der Waals surface area contributed by atoms with Crippen LogP contribution in [0.2, 0.25) is 0 Å². The van der Waals surface area contributed by atoms with Gasteiger partial charge in [-0.3, -0.25) is 4.98 Å². The number of methoxy groups -OCH3 is 1. The average molecular weight is 216 g/mol. The third-order valence-corrected chi connectivity index (χ3v) is 2.45. The minimum Gasteiger partial charge on any atom is -0.465 e. The fourth-order valence-electron chi connectivity index (χ4n) is 1.60. The van der Waals surface area contributed by atoms with E-state index in [1.54, 1.807) is 6.07 Å². The Bertz CT molecular complexity index is 564. The van der Waals surface area contributed by atoms with Crippen LogP contribution in [0.1, 0.15) is 16.1 Å². The van der Waals surface area contributed by atoms with Crippen molar-refractivity contribution in [1.29, 1.82) is 0 Å². The van der Waals surface area contributed by atoms with Crippen molar-refractivity contribution in [2.75, 3.05) is 12.8 Å². The maximum absolute atomic E-state index is 11.4. The van der Waals surface area contributed by atoms with Gasteiger partial charge in [-0.15, -0.1) is 0 Å². The van der Waals surface area contributed by atoms with E-state index in [9.17, 15) is 4.79 Å². The Hall–Kier alpha value is -2.10. The number of nitrogens with zero attached hydrogens (tertiary/aromatic N) is 1. The van der Waals surface area contributed by atoms with Crippen LogP contribution >= 0.6 is 0 Å². The van der Waals surface area contributed by atoms with Crippen molar-refractivity contribution in [1.82, 2.24) is 4.98 Å². The van der Waals surface area contributed by atoms with Gasteiger partial charge in [0.05, 0.1) is 23.9 Å². The zero-order valence-electron chi connectivity index (χ0n) is 9.15. The molecule has 1 aromatic heterocycles. The number of nitrogens with two attached hydrogens (primary N) is 1. The van der Waals surface area contributed by atoms with E-state index < -0.39 is 5.97 Å². The van der Waals surface area contributed by atoms with E-state index in [4.69, 9.17) is 5.73 Å². The summed E-state index contributed by atoms with van der Waals surface area (Å²) in [5.74, 6) is -0.442. The molecular weight excluding hydrogens is 204 g/mol. The average Bonchev–Trinajstić information content (AvgIpc) is 2.29. The Morgan fingerprint density at radius 1 is 1.31 bits per heavy atom. The number of pyridine rings is 1. The molecule has 82 valence electrons. The molecule has 16 heavy (non-hydrogen) atoms. The Labute approximate surface area is 93.0 Å². The van der Waals surface area contributed by atoms with Gasteiger partial charge in [-0.25, -0.2) is 4.79 Å². The predicted octanol–water partition coefficient (Wildman–Crippen LogP) is 1.91. The number of benzene rings is 1. The molecule has 0 amide bonds. The lowest BCUT2D eigenvalue weighted by atomic mass is 10.1. The molecule has 2 rings (SSSR count). The van der Waals surface area contributed by atoms with Crippen LogP contribution in [-0.4, -0.2) is 18.1 Å². The van der Waals surface area contributed by atoms with Crippen molar-refractivity contribution in [3.63, 3.8) is 0 Å². The lowest BCUT2D eigenvalue weighted by molar-refractivity contribution is 0.0602. The van der Waals surface area contributed by atoms with Gasteiger partial charge in [-0.1, -0.05) is 12.1 Å². The molecule has 0 aliphatic carbocycles. The minimum absolute atomic E-state index is 0.355. The number of nitrogen functional groups attached to an aromatic ring is 1. The summed E-state index contributed by atoms with van der Waals surface area (Å²) in [4.78, 5) is 15.8. The summed E-state index contributed by atoms with van der Waals surface area (Å²) in [7, 11) is 1.33. The summed E-state index contributed by atoms with van der Waals surface area (Å²) in [6.07, 6.45) is 0. The van der Waals surface area contributed by atoms with E-state index in [1.807, 2.05) is 25.1 Å². The highest BCUT2D eigenvalue weighted by molar-refractivity contribution is 6.03. The molecule has 1 aromatic carbocycles. The maximum atomic E-state index is 11.4. The molecule has 4 heteroatoms. The lowest BCUT2D eigenvalue weighted by Gasteiger charge is -2.07. The quantitative estimate of drug-likeness (QED) is 0.584. The Morgan fingerprint density at radius 2 is 2.00 bits per heavy atom. The number of aryl methyl sites for hydroxylation is 1. The molecule has 4 nitrogen and oxygen atoms in total. The number of fused-ring (bicyclic) bond motifs is 1. The van der Waals surface area contributed by atoms with Crippen molar-refractivity contribution >= 4 is 22.6 Å². The molecule has 0 fully saturated rings. The number of carbonyl (C=O) groups is 1. The molecule has 2 aromatic rings. The van der Waals surface area contributed by atoms with Crippen molar-refractivity contribution in [3.05, 3.63) is 35.5 Å². The number of rotatable bonds is 1. The Balaban J connectivity index is 2.72. The third-order valence-electron chi connectivity index (χ3n) is 2.45. The second-order valence-electron chi connectivity index (χ2n) is 3.54. The Kier molecular flexibility index (Phi) is 2.48. The summed E-state index contributed by atoms with van der Waals surface area (Å²) >= 11 is 0. The number of hydrogen-bond acceptors (Lipinski definition) is 4. The van der Waals surface area contributed by atoms with Crippen molar-refractivity contribution in [2.45, 2.75) is 6.92 Å². The topological polar surface area (TPSA) is 65.2 Å². The fraction of sp³-hybridized carbons (Fsp3) is 0.167. The molecular formula is C12H12N2O2. The van der Waals surface area contributed by atoms with Gasteiger partial charge in [-0.2, -0.15) is 0 Å². The number of ether oxygens (including phenoxy) is 1. The van der Waals surface area contributed by atoms with Crippen LogP contribution in [0, 0.1) is 6.92 Å². The van der Waals surface area contributed by atoms with Crippen LogP contribution in [0.15, 0.2) is 24.3 Å². The van der Waals surface area contributed by atoms with Gasteiger partial charge in [0.1, 0.15) is 0 Å². The van der Waals surface area contributed by atoms with Gasteiger partial charge in [-0.05, 0) is 19.1 Å². The van der Waals surface area contributed by atoms with Gasteiger partial charge in [0.2, 0.25) is 0 Å².